The number of para-hydroxylation sites is 1. The van der Waals surface area contributed by atoms with Crippen molar-refractivity contribution in [3.8, 4) is 0 Å². The zero-order valence-corrected chi connectivity index (χ0v) is 24.3. The molecule has 0 saturated heterocycles. The summed E-state index contributed by atoms with van der Waals surface area (Å²) in [5.74, 6) is -0.925. The lowest BCUT2D eigenvalue weighted by atomic mass is 9.76. The Balaban J connectivity index is 1.36. The van der Waals surface area contributed by atoms with Gasteiger partial charge in [-0.15, -0.1) is 0 Å². The van der Waals surface area contributed by atoms with Crippen molar-refractivity contribution in [3.63, 3.8) is 0 Å². The Kier molecular flexibility index (Phi) is 7.43. The molecule has 0 saturated carbocycles. The van der Waals surface area contributed by atoms with Gasteiger partial charge in [0.25, 0.3) is 0 Å². The molecule has 5 aromatic carbocycles. The van der Waals surface area contributed by atoms with E-state index in [2.05, 4.69) is 5.32 Å². The zero-order valence-electron chi connectivity index (χ0n) is 24.3. The fourth-order valence-electron chi connectivity index (χ4n) is 6.25. The highest BCUT2D eigenvalue weighted by Crippen LogP contribution is 2.45. The second-order valence-electron chi connectivity index (χ2n) is 11.5. The Bertz CT molecular complexity index is 1640. The molecule has 0 aliphatic carbocycles. The largest absolute Gasteiger partial charge is 0.480 e. The van der Waals surface area contributed by atoms with E-state index in [9.17, 15) is 14.7 Å². The normalized spacial score (nSPS) is 14.7. The smallest absolute Gasteiger partial charge is 0.321 e. The standard InChI is InChI=1S/C38H34N2O3/c1-37(2)32-20-12-13-21-34(32)40(36(37)43)31-24-22-27(23-25-31)26-33(35(41)42)39-38(28-14-6-3-7-15-28,29-16-8-4-9-17-29)30-18-10-5-11-19-30/h3-25,33,39H,26H2,1-2H3,(H,41,42). The maximum atomic E-state index is 13.4. The average molecular weight is 567 g/mol. The van der Waals surface area contributed by atoms with Gasteiger partial charge in [0, 0.05) is 5.69 Å². The first-order valence-corrected chi connectivity index (χ1v) is 14.5. The summed E-state index contributed by atoms with van der Waals surface area (Å²) < 4.78 is 0. The number of aliphatic carboxylic acids is 1. The van der Waals surface area contributed by atoms with Gasteiger partial charge in [0.2, 0.25) is 5.91 Å². The van der Waals surface area contributed by atoms with E-state index in [0.717, 1.165) is 39.2 Å². The van der Waals surface area contributed by atoms with Crippen LogP contribution in [0.4, 0.5) is 11.4 Å². The Morgan fingerprint density at radius 3 is 1.67 bits per heavy atom. The molecule has 1 aliphatic heterocycles. The summed E-state index contributed by atoms with van der Waals surface area (Å²) in [6.07, 6.45) is 0.250. The van der Waals surface area contributed by atoms with Crippen LogP contribution >= 0.6 is 0 Å². The molecule has 0 bridgehead atoms. The Morgan fingerprint density at radius 2 is 1.19 bits per heavy atom. The SMILES string of the molecule is CC1(C)C(=O)N(c2ccc(CC(NC(c3ccccc3)(c3ccccc3)c3ccccc3)C(=O)O)cc2)c2ccccc21. The number of nitrogens with zero attached hydrogens (tertiary/aromatic N) is 1. The molecule has 214 valence electrons. The lowest BCUT2D eigenvalue weighted by Gasteiger charge is -2.39. The molecule has 5 aromatic rings. The van der Waals surface area contributed by atoms with Crippen LogP contribution in [0.2, 0.25) is 0 Å². The van der Waals surface area contributed by atoms with Gasteiger partial charge in [0.15, 0.2) is 0 Å². The van der Waals surface area contributed by atoms with E-state index in [-0.39, 0.29) is 12.3 Å². The highest BCUT2D eigenvalue weighted by atomic mass is 16.4. The van der Waals surface area contributed by atoms with Crippen LogP contribution in [0.15, 0.2) is 140 Å². The number of carbonyl (C=O) groups excluding carboxylic acids is 1. The van der Waals surface area contributed by atoms with Crippen LogP contribution in [0.3, 0.4) is 0 Å². The number of carboxylic acids is 1. The molecule has 1 unspecified atom stereocenters. The first-order chi connectivity index (χ1) is 20.8. The van der Waals surface area contributed by atoms with Gasteiger partial charge in [-0.05, 0) is 66.3 Å². The summed E-state index contributed by atoms with van der Waals surface area (Å²) >= 11 is 0. The molecule has 6 rings (SSSR count). The number of nitrogens with one attached hydrogen (secondary N) is 1. The van der Waals surface area contributed by atoms with Crippen molar-refractivity contribution in [1.29, 1.82) is 0 Å². The van der Waals surface area contributed by atoms with Gasteiger partial charge in [-0.1, -0.05) is 121 Å². The van der Waals surface area contributed by atoms with Gasteiger partial charge in [0.05, 0.1) is 16.6 Å². The Labute approximate surface area is 252 Å². The van der Waals surface area contributed by atoms with E-state index in [1.54, 1.807) is 4.90 Å². The third-order valence-corrected chi connectivity index (χ3v) is 8.50. The lowest BCUT2D eigenvalue weighted by Crippen LogP contribution is -2.53. The molecule has 0 spiro atoms. The molecule has 1 aliphatic rings. The van der Waals surface area contributed by atoms with Crippen molar-refractivity contribution < 1.29 is 14.7 Å². The number of carbonyl (C=O) groups is 2. The third-order valence-electron chi connectivity index (χ3n) is 8.50. The van der Waals surface area contributed by atoms with E-state index in [1.807, 2.05) is 153 Å². The Morgan fingerprint density at radius 1 is 0.721 bits per heavy atom. The maximum absolute atomic E-state index is 13.4. The fraction of sp³-hybridized carbons (Fsp3) is 0.158. The van der Waals surface area contributed by atoms with Crippen LogP contribution < -0.4 is 10.2 Å². The molecular formula is C38H34N2O3. The van der Waals surface area contributed by atoms with Crippen LogP contribution in [0.25, 0.3) is 0 Å². The van der Waals surface area contributed by atoms with Crippen molar-refractivity contribution >= 4 is 23.3 Å². The van der Waals surface area contributed by atoms with E-state index in [0.29, 0.717) is 0 Å². The van der Waals surface area contributed by atoms with Crippen LogP contribution in [-0.4, -0.2) is 23.0 Å². The lowest BCUT2D eigenvalue weighted by molar-refractivity contribution is -0.139. The first kappa shape index (κ1) is 28.1. The molecule has 5 heteroatoms. The van der Waals surface area contributed by atoms with Crippen molar-refractivity contribution in [1.82, 2.24) is 5.32 Å². The minimum absolute atomic E-state index is 0.0184. The number of amides is 1. The highest BCUT2D eigenvalue weighted by Gasteiger charge is 2.44. The van der Waals surface area contributed by atoms with Crippen LogP contribution in [0, 0.1) is 0 Å². The number of carboxylic acid groups (broad SMARTS) is 1. The molecule has 1 atom stereocenters. The number of benzene rings is 5. The fourth-order valence-corrected chi connectivity index (χ4v) is 6.25. The number of rotatable bonds is 9. The summed E-state index contributed by atoms with van der Waals surface area (Å²) in [4.78, 5) is 28.1. The van der Waals surface area contributed by atoms with Gasteiger partial charge in [-0.3, -0.25) is 19.8 Å². The molecule has 1 heterocycles. The van der Waals surface area contributed by atoms with E-state index < -0.39 is 23.0 Å². The van der Waals surface area contributed by atoms with E-state index >= 15 is 0 Å². The predicted octanol–water partition coefficient (Wildman–Crippen LogP) is 7.22. The molecule has 1 amide bonds. The molecule has 43 heavy (non-hydrogen) atoms. The topological polar surface area (TPSA) is 69.6 Å². The quantitative estimate of drug-likeness (QED) is 0.185. The van der Waals surface area contributed by atoms with Crippen molar-refractivity contribution in [3.05, 3.63) is 167 Å². The second-order valence-corrected chi connectivity index (χ2v) is 11.5. The van der Waals surface area contributed by atoms with Gasteiger partial charge in [-0.25, -0.2) is 0 Å². The van der Waals surface area contributed by atoms with Crippen molar-refractivity contribution in [2.45, 2.75) is 37.3 Å². The first-order valence-electron chi connectivity index (χ1n) is 14.5. The minimum Gasteiger partial charge on any atom is -0.480 e. The van der Waals surface area contributed by atoms with Crippen LogP contribution in [0.5, 0.6) is 0 Å². The van der Waals surface area contributed by atoms with Crippen LogP contribution in [0.1, 0.15) is 41.7 Å². The number of hydrogen-bond acceptors (Lipinski definition) is 3. The summed E-state index contributed by atoms with van der Waals surface area (Å²) in [5.41, 5.74) is 4.80. The number of fused-ring (bicyclic) bond motifs is 1. The molecule has 0 radical (unpaired) electrons. The zero-order chi connectivity index (χ0) is 30.0. The monoisotopic (exact) mass is 566 g/mol. The summed E-state index contributed by atoms with van der Waals surface area (Å²) in [6, 6.07) is 44.6. The average Bonchev–Trinajstić information content (AvgIpc) is 3.25. The summed E-state index contributed by atoms with van der Waals surface area (Å²) in [6.45, 7) is 3.90. The molecule has 5 nitrogen and oxygen atoms in total. The third kappa shape index (κ3) is 5.02. The number of anilines is 2. The van der Waals surface area contributed by atoms with E-state index in [4.69, 9.17) is 0 Å². The van der Waals surface area contributed by atoms with Crippen LogP contribution in [-0.2, 0) is 27.0 Å². The molecule has 0 fully saturated rings. The van der Waals surface area contributed by atoms with Gasteiger partial charge < -0.3 is 5.11 Å². The van der Waals surface area contributed by atoms with Gasteiger partial charge >= 0.3 is 5.97 Å². The Hall–Kier alpha value is -5.00. The summed E-state index contributed by atoms with van der Waals surface area (Å²) in [5, 5.41) is 14.2. The molecule has 2 N–H and O–H groups in total. The molecular weight excluding hydrogens is 532 g/mol. The summed E-state index contributed by atoms with van der Waals surface area (Å²) in [7, 11) is 0. The van der Waals surface area contributed by atoms with Gasteiger partial charge in [-0.2, -0.15) is 0 Å². The second kappa shape index (κ2) is 11.3. The predicted molar refractivity (Wildman–Crippen MR) is 171 cm³/mol. The molecule has 0 aromatic heterocycles. The maximum Gasteiger partial charge on any atom is 0.321 e. The number of hydrogen-bond donors (Lipinski definition) is 2. The van der Waals surface area contributed by atoms with Gasteiger partial charge in [0.1, 0.15) is 6.04 Å². The highest BCUT2D eigenvalue weighted by molar-refractivity contribution is 6.12. The van der Waals surface area contributed by atoms with E-state index in [1.165, 1.54) is 0 Å². The minimum atomic E-state index is -0.943. The van der Waals surface area contributed by atoms with Crippen molar-refractivity contribution in [2.75, 3.05) is 4.90 Å². The van der Waals surface area contributed by atoms with Crippen molar-refractivity contribution in [2.24, 2.45) is 0 Å².